The topological polar surface area (TPSA) is 20.2 Å². The normalized spacial score (nSPS) is 12.2. The number of phenolic OH excluding ortho intramolecular Hbond substituents is 1. The Morgan fingerprint density at radius 3 is 1.40 bits per heavy atom. The molecule has 1 heteroatoms. The molecule has 0 fully saturated rings. The minimum Gasteiger partial charge on any atom is -0.508 e. The van der Waals surface area contributed by atoms with Crippen molar-refractivity contribution in [3.05, 3.63) is 99.1 Å². The molecule has 0 aliphatic rings. The Hall–Kier alpha value is -2.54. The standard InChI is InChI=1S/C34H46O/c1-9-24-16-13-19-30(27(24)11-3)33(5,6)22-26-18-15-21-32(35)29(26)23-34(7,8)31-20-14-17-25(10-2)28(31)12-4/h13-21,35H,9-12,22-23H2,1-8H3. The number of aromatic hydroxyl groups is 1. The lowest BCUT2D eigenvalue weighted by Gasteiger charge is -2.33. The first-order valence-electron chi connectivity index (χ1n) is 13.6. The fraction of sp³-hybridized carbons (Fsp3) is 0.471. The zero-order valence-corrected chi connectivity index (χ0v) is 23.4. The molecule has 0 saturated carbocycles. The maximum absolute atomic E-state index is 11.1. The molecule has 0 radical (unpaired) electrons. The summed E-state index contributed by atoms with van der Waals surface area (Å²) in [5.41, 5.74) is 11.0. The van der Waals surface area contributed by atoms with Crippen molar-refractivity contribution < 1.29 is 5.11 Å². The van der Waals surface area contributed by atoms with Gasteiger partial charge in [0.2, 0.25) is 0 Å². The second kappa shape index (κ2) is 11.0. The first-order chi connectivity index (χ1) is 16.6. The van der Waals surface area contributed by atoms with Crippen LogP contribution in [0.1, 0.15) is 99.9 Å². The predicted octanol–water partition coefficient (Wildman–Crippen LogP) is 8.68. The SMILES string of the molecule is CCc1cccc(C(C)(C)Cc2cccc(O)c2CC(C)(C)c2cccc(CC)c2CC)c1CC. The first-order valence-corrected chi connectivity index (χ1v) is 13.6. The Kier molecular flexibility index (Phi) is 8.52. The van der Waals surface area contributed by atoms with Gasteiger partial charge in [0, 0.05) is 0 Å². The zero-order valence-electron chi connectivity index (χ0n) is 23.4. The molecule has 0 heterocycles. The van der Waals surface area contributed by atoms with E-state index in [1.165, 1.54) is 38.9 Å². The fourth-order valence-electron chi connectivity index (χ4n) is 6.13. The van der Waals surface area contributed by atoms with Gasteiger partial charge in [-0.3, -0.25) is 0 Å². The van der Waals surface area contributed by atoms with E-state index in [2.05, 4.69) is 97.9 Å². The Morgan fingerprint density at radius 2 is 0.943 bits per heavy atom. The lowest BCUT2D eigenvalue weighted by Crippen LogP contribution is -2.26. The molecular weight excluding hydrogens is 424 g/mol. The average Bonchev–Trinajstić information content (AvgIpc) is 2.84. The Labute approximate surface area is 214 Å². The summed E-state index contributed by atoms with van der Waals surface area (Å²) in [5, 5.41) is 11.1. The molecule has 0 amide bonds. The second-order valence-electron chi connectivity index (χ2n) is 11.3. The lowest BCUT2D eigenvalue weighted by molar-refractivity contribution is 0.442. The highest BCUT2D eigenvalue weighted by Gasteiger charge is 2.30. The Bertz CT molecular complexity index is 1150. The molecule has 0 bridgehead atoms. The van der Waals surface area contributed by atoms with Crippen LogP contribution in [0.4, 0.5) is 0 Å². The van der Waals surface area contributed by atoms with Crippen LogP contribution in [0.3, 0.4) is 0 Å². The number of aryl methyl sites for hydroxylation is 2. The molecule has 0 saturated heterocycles. The van der Waals surface area contributed by atoms with Crippen LogP contribution in [0.15, 0.2) is 54.6 Å². The van der Waals surface area contributed by atoms with Crippen molar-refractivity contribution in [2.45, 2.75) is 105 Å². The highest BCUT2D eigenvalue weighted by Crippen LogP contribution is 2.39. The molecule has 1 nitrogen and oxygen atoms in total. The van der Waals surface area contributed by atoms with Crippen LogP contribution in [-0.2, 0) is 49.4 Å². The largest absolute Gasteiger partial charge is 0.508 e. The monoisotopic (exact) mass is 470 g/mol. The van der Waals surface area contributed by atoms with Gasteiger partial charge in [-0.25, -0.2) is 0 Å². The summed E-state index contributed by atoms with van der Waals surface area (Å²) >= 11 is 0. The molecule has 188 valence electrons. The van der Waals surface area contributed by atoms with Crippen molar-refractivity contribution in [1.82, 2.24) is 0 Å². The van der Waals surface area contributed by atoms with E-state index in [4.69, 9.17) is 0 Å². The summed E-state index contributed by atoms with van der Waals surface area (Å²) < 4.78 is 0. The summed E-state index contributed by atoms with van der Waals surface area (Å²) in [5.74, 6) is 0.425. The van der Waals surface area contributed by atoms with Gasteiger partial charge >= 0.3 is 0 Å². The van der Waals surface area contributed by atoms with Crippen LogP contribution in [0.2, 0.25) is 0 Å². The van der Waals surface area contributed by atoms with Crippen molar-refractivity contribution >= 4 is 0 Å². The molecule has 3 rings (SSSR count). The number of rotatable bonds is 10. The smallest absolute Gasteiger partial charge is 0.119 e. The minimum absolute atomic E-state index is 0.0279. The van der Waals surface area contributed by atoms with Gasteiger partial charge < -0.3 is 5.11 Å². The van der Waals surface area contributed by atoms with Crippen molar-refractivity contribution in [2.24, 2.45) is 0 Å². The fourth-order valence-corrected chi connectivity index (χ4v) is 6.13. The molecule has 0 aliphatic heterocycles. The van der Waals surface area contributed by atoms with E-state index < -0.39 is 0 Å². The summed E-state index contributed by atoms with van der Waals surface area (Å²) in [7, 11) is 0. The van der Waals surface area contributed by atoms with Crippen LogP contribution < -0.4 is 0 Å². The van der Waals surface area contributed by atoms with E-state index in [0.717, 1.165) is 44.1 Å². The second-order valence-corrected chi connectivity index (χ2v) is 11.3. The molecule has 0 aromatic heterocycles. The number of benzene rings is 3. The van der Waals surface area contributed by atoms with Gasteiger partial charge in [0.15, 0.2) is 0 Å². The molecular formula is C34H46O. The molecule has 0 atom stereocenters. The molecule has 3 aromatic rings. The highest BCUT2D eigenvalue weighted by atomic mass is 16.3. The molecule has 0 spiro atoms. The predicted molar refractivity (Wildman–Crippen MR) is 152 cm³/mol. The van der Waals surface area contributed by atoms with Gasteiger partial charge in [0.1, 0.15) is 5.75 Å². The molecule has 35 heavy (non-hydrogen) atoms. The Balaban J connectivity index is 2.03. The number of hydrogen-bond acceptors (Lipinski definition) is 1. The third-order valence-corrected chi connectivity index (χ3v) is 7.97. The van der Waals surface area contributed by atoms with Crippen LogP contribution in [-0.4, -0.2) is 5.11 Å². The third-order valence-electron chi connectivity index (χ3n) is 7.97. The average molecular weight is 471 g/mol. The highest BCUT2D eigenvalue weighted by molar-refractivity contribution is 5.47. The quantitative estimate of drug-likeness (QED) is 0.314. The van der Waals surface area contributed by atoms with Crippen molar-refractivity contribution in [1.29, 1.82) is 0 Å². The van der Waals surface area contributed by atoms with Crippen molar-refractivity contribution in [2.75, 3.05) is 0 Å². The van der Waals surface area contributed by atoms with Gasteiger partial charge in [0.05, 0.1) is 0 Å². The maximum atomic E-state index is 11.1. The van der Waals surface area contributed by atoms with Crippen molar-refractivity contribution in [3.63, 3.8) is 0 Å². The minimum atomic E-state index is -0.0784. The summed E-state index contributed by atoms with van der Waals surface area (Å²) in [4.78, 5) is 0. The van der Waals surface area contributed by atoms with Crippen LogP contribution >= 0.6 is 0 Å². The zero-order chi connectivity index (χ0) is 25.8. The van der Waals surface area contributed by atoms with Crippen LogP contribution in [0.25, 0.3) is 0 Å². The molecule has 3 aromatic carbocycles. The van der Waals surface area contributed by atoms with E-state index in [9.17, 15) is 5.11 Å². The van der Waals surface area contributed by atoms with Gasteiger partial charge in [-0.05, 0) is 99.9 Å². The lowest BCUT2D eigenvalue weighted by atomic mass is 9.71. The van der Waals surface area contributed by atoms with Crippen LogP contribution in [0.5, 0.6) is 5.75 Å². The Morgan fingerprint density at radius 1 is 0.514 bits per heavy atom. The molecule has 1 N–H and O–H groups in total. The summed E-state index contributed by atoms with van der Waals surface area (Å²) in [6, 6.07) is 19.7. The van der Waals surface area contributed by atoms with Gasteiger partial charge in [-0.2, -0.15) is 0 Å². The van der Waals surface area contributed by atoms with E-state index in [-0.39, 0.29) is 10.8 Å². The van der Waals surface area contributed by atoms with E-state index in [0.29, 0.717) is 5.75 Å². The van der Waals surface area contributed by atoms with E-state index in [1.54, 1.807) is 0 Å². The summed E-state index contributed by atoms with van der Waals surface area (Å²) in [6.45, 7) is 18.4. The van der Waals surface area contributed by atoms with Gasteiger partial charge in [-0.1, -0.05) is 104 Å². The summed E-state index contributed by atoms with van der Waals surface area (Å²) in [6.07, 6.45) is 5.94. The third kappa shape index (κ3) is 5.66. The van der Waals surface area contributed by atoms with Gasteiger partial charge in [-0.15, -0.1) is 0 Å². The molecule has 0 unspecified atom stereocenters. The van der Waals surface area contributed by atoms with Gasteiger partial charge in [0.25, 0.3) is 0 Å². The first kappa shape index (κ1) is 27.1. The maximum Gasteiger partial charge on any atom is 0.119 e. The van der Waals surface area contributed by atoms with Crippen LogP contribution in [0, 0.1) is 0 Å². The number of hydrogen-bond donors (Lipinski definition) is 1. The number of phenols is 1. The van der Waals surface area contributed by atoms with E-state index >= 15 is 0 Å². The van der Waals surface area contributed by atoms with E-state index in [1.807, 2.05) is 12.1 Å². The van der Waals surface area contributed by atoms with Crippen molar-refractivity contribution in [3.8, 4) is 5.75 Å². The molecule has 0 aliphatic carbocycles.